The van der Waals surface area contributed by atoms with E-state index in [9.17, 15) is 31.4 Å². The summed E-state index contributed by atoms with van der Waals surface area (Å²) in [7, 11) is 0. The Balaban J connectivity index is 3.39. The molecule has 1 atom stereocenters. The second kappa shape index (κ2) is 4.97. The van der Waals surface area contributed by atoms with E-state index in [0.29, 0.717) is 12.1 Å². The fourth-order valence-corrected chi connectivity index (χ4v) is 1.44. The normalized spacial score (nSPS) is 14.7. The molecule has 1 N–H and O–H groups in total. The first kappa shape index (κ1) is 15.1. The van der Waals surface area contributed by atoms with Gasteiger partial charge in [0.2, 0.25) is 0 Å². The van der Waals surface area contributed by atoms with E-state index in [4.69, 9.17) is 11.6 Å². The van der Waals surface area contributed by atoms with Gasteiger partial charge in [-0.3, -0.25) is 0 Å². The molecule has 1 nitrogen and oxygen atoms in total. The fraction of sp³-hybridized carbons (Fsp3) is 0.400. The van der Waals surface area contributed by atoms with Crippen molar-refractivity contribution < 1.29 is 31.4 Å². The molecule has 0 spiro atoms. The molecule has 0 radical (unpaired) electrons. The zero-order chi connectivity index (χ0) is 14.1. The number of benzene rings is 1. The van der Waals surface area contributed by atoms with Crippen LogP contribution >= 0.6 is 11.6 Å². The third-order valence-electron chi connectivity index (χ3n) is 2.14. The lowest BCUT2D eigenvalue weighted by molar-refractivity contribution is -0.143. The van der Waals surface area contributed by atoms with Gasteiger partial charge in [-0.15, -0.1) is 11.6 Å². The highest BCUT2D eigenvalue weighted by molar-refractivity contribution is 6.18. The summed E-state index contributed by atoms with van der Waals surface area (Å²) in [6.45, 7) is 0. The Labute approximate surface area is 103 Å². The summed E-state index contributed by atoms with van der Waals surface area (Å²) in [5, 5.41) is 9.24. The van der Waals surface area contributed by atoms with Gasteiger partial charge in [-0.1, -0.05) is 0 Å². The van der Waals surface area contributed by atoms with E-state index in [0.717, 1.165) is 0 Å². The average molecular weight is 293 g/mol. The number of hydrogen-bond acceptors (Lipinski definition) is 1. The Morgan fingerprint density at radius 2 is 1.33 bits per heavy atom. The molecule has 0 aliphatic rings. The molecule has 0 fully saturated rings. The fourth-order valence-electron chi connectivity index (χ4n) is 1.26. The standard InChI is InChI=1S/C10H7ClF6O/c11-4-8(18)5-1-6(9(12,13)14)3-7(2-5)10(15,16)17/h1-3,8,18H,4H2/t8-/m0/s1. The number of rotatable bonds is 2. The third-order valence-corrected chi connectivity index (χ3v) is 2.43. The van der Waals surface area contributed by atoms with Gasteiger partial charge in [0.15, 0.2) is 0 Å². The first-order valence-corrected chi connectivity index (χ1v) is 5.12. The number of alkyl halides is 7. The van der Waals surface area contributed by atoms with Gasteiger partial charge in [-0.05, 0) is 23.8 Å². The van der Waals surface area contributed by atoms with Crippen LogP contribution in [-0.4, -0.2) is 11.0 Å². The van der Waals surface area contributed by atoms with Gasteiger partial charge in [0.25, 0.3) is 0 Å². The zero-order valence-electron chi connectivity index (χ0n) is 8.61. The van der Waals surface area contributed by atoms with Crippen molar-refractivity contribution >= 4 is 11.6 Å². The molecule has 8 heteroatoms. The van der Waals surface area contributed by atoms with Gasteiger partial charge in [0.05, 0.1) is 23.1 Å². The van der Waals surface area contributed by atoms with E-state index < -0.39 is 41.0 Å². The van der Waals surface area contributed by atoms with Gasteiger partial charge in [0.1, 0.15) is 0 Å². The molecule has 0 saturated carbocycles. The monoisotopic (exact) mass is 292 g/mol. The summed E-state index contributed by atoms with van der Waals surface area (Å²) in [5.74, 6) is -0.501. The van der Waals surface area contributed by atoms with Crippen molar-refractivity contribution in [1.29, 1.82) is 0 Å². The number of halogens is 7. The van der Waals surface area contributed by atoms with Crippen LogP contribution in [0.25, 0.3) is 0 Å². The molecule has 1 rings (SSSR count). The SMILES string of the molecule is O[C@@H](CCl)c1cc(C(F)(F)F)cc(C(F)(F)F)c1. The first-order chi connectivity index (χ1) is 8.05. The van der Waals surface area contributed by atoms with Crippen molar-refractivity contribution in [3.63, 3.8) is 0 Å². The summed E-state index contributed by atoms with van der Waals surface area (Å²) in [6, 6.07) is 0.884. The number of hydrogen-bond donors (Lipinski definition) is 1. The minimum Gasteiger partial charge on any atom is -0.387 e. The molecule has 1 aromatic rings. The molecular weight excluding hydrogens is 286 g/mol. The second-order valence-electron chi connectivity index (χ2n) is 3.51. The Morgan fingerprint density at radius 1 is 0.944 bits per heavy atom. The molecule has 0 saturated heterocycles. The Morgan fingerprint density at radius 3 is 1.61 bits per heavy atom. The highest BCUT2D eigenvalue weighted by Gasteiger charge is 2.37. The van der Waals surface area contributed by atoms with Crippen LogP contribution in [-0.2, 0) is 12.4 Å². The van der Waals surface area contributed by atoms with Crippen LogP contribution in [0.5, 0.6) is 0 Å². The number of aliphatic hydroxyl groups excluding tert-OH is 1. The van der Waals surface area contributed by atoms with E-state index in [1.165, 1.54) is 0 Å². The third kappa shape index (κ3) is 3.52. The van der Waals surface area contributed by atoms with Crippen molar-refractivity contribution in [3.8, 4) is 0 Å². The van der Waals surface area contributed by atoms with E-state index in [1.807, 2.05) is 0 Å². The van der Waals surface area contributed by atoms with Crippen molar-refractivity contribution in [2.45, 2.75) is 18.5 Å². The second-order valence-corrected chi connectivity index (χ2v) is 3.82. The highest BCUT2D eigenvalue weighted by Crippen LogP contribution is 2.37. The van der Waals surface area contributed by atoms with Gasteiger partial charge < -0.3 is 5.11 Å². The molecule has 0 aliphatic heterocycles. The van der Waals surface area contributed by atoms with Crippen LogP contribution in [0.1, 0.15) is 22.8 Å². The minimum atomic E-state index is -4.93. The summed E-state index contributed by atoms with van der Waals surface area (Å²) >= 11 is 5.21. The zero-order valence-corrected chi connectivity index (χ0v) is 9.37. The van der Waals surface area contributed by atoms with Gasteiger partial charge >= 0.3 is 12.4 Å². The molecule has 1 aromatic carbocycles. The molecule has 0 aromatic heterocycles. The predicted molar refractivity (Wildman–Crippen MR) is 52.1 cm³/mol. The van der Waals surface area contributed by atoms with Gasteiger partial charge in [0, 0.05) is 0 Å². The quantitative estimate of drug-likeness (QED) is 0.645. The molecule has 0 heterocycles. The topological polar surface area (TPSA) is 20.2 Å². The molecule has 18 heavy (non-hydrogen) atoms. The Kier molecular flexibility index (Phi) is 4.17. The van der Waals surface area contributed by atoms with Crippen molar-refractivity contribution in [2.24, 2.45) is 0 Å². The predicted octanol–water partition coefficient (Wildman–Crippen LogP) is 4.00. The van der Waals surface area contributed by atoms with Crippen LogP contribution in [0.3, 0.4) is 0 Å². The molecule has 102 valence electrons. The van der Waals surface area contributed by atoms with Crippen LogP contribution in [0.4, 0.5) is 26.3 Å². The lowest BCUT2D eigenvalue weighted by Crippen LogP contribution is -2.13. The van der Waals surface area contributed by atoms with Crippen molar-refractivity contribution in [2.75, 3.05) is 5.88 Å². The van der Waals surface area contributed by atoms with Crippen LogP contribution in [0.2, 0.25) is 0 Å². The Bertz CT molecular complexity index is 393. The van der Waals surface area contributed by atoms with Crippen LogP contribution in [0, 0.1) is 0 Å². The van der Waals surface area contributed by atoms with Crippen molar-refractivity contribution in [1.82, 2.24) is 0 Å². The summed E-state index contributed by atoms with van der Waals surface area (Å²) in [5.41, 5.74) is -3.47. The van der Waals surface area contributed by atoms with E-state index >= 15 is 0 Å². The average Bonchev–Trinajstić information content (AvgIpc) is 2.25. The Hall–Kier alpha value is -0.950. The molecule has 0 amide bonds. The van der Waals surface area contributed by atoms with E-state index in [-0.39, 0.29) is 6.07 Å². The first-order valence-electron chi connectivity index (χ1n) is 4.59. The van der Waals surface area contributed by atoms with E-state index in [2.05, 4.69) is 0 Å². The van der Waals surface area contributed by atoms with Crippen LogP contribution < -0.4 is 0 Å². The maximum Gasteiger partial charge on any atom is 0.416 e. The summed E-state index contributed by atoms with van der Waals surface area (Å²) < 4.78 is 74.5. The summed E-state index contributed by atoms with van der Waals surface area (Å²) in [4.78, 5) is 0. The maximum absolute atomic E-state index is 12.4. The largest absolute Gasteiger partial charge is 0.416 e. The molecular formula is C10H7ClF6O. The minimum absolute atomic E-state index is 0.00947. The number of aliphatic hydroxyl groups is 1. The van der Waals surface area contributed by atoms with E-state index in [1.54, 1.807) is 0 Å². The van der Waals surface area contributed by atoms with Gasteiger partial charge in [-0.2, -0.15) is 26.3 Å². The highest BCUT2D eigenvalue weighted by atomic mass is 35.5. The van der Waals surface area contributed by atoms with Gasteiger partial charge in [-0.25, -0.2) is 0 Å². The smallest absolute Gasteiger partial charge is 0.387 e. The lowest BCUT2D eigenvalue weighted by Gasteiger charge is -2.16. The van der Waals surface area contributed by atoms with Crippen molar-refractivity contribution in [3.05, 3.63) is 34.9 Å². The maximum atomic E-state index is 12.4. The van der Waals surface area contributed by atoms with Crippen LogP contribution in [0.15, 0.2) is 18.2 Å². The molecule has 0 unspecified atom stereocenters. The molecule has 0 bridgehead atoms. The lowest BCUT2D eigenvalue weighted by atomic mass is 10.0. The summed E-state index contributed by atoms with van der Waals surface area (Å²) in [6.07, 6.45) is -11.4. The molecule has 0 aliphatic carbocycles.